The molecule has 2 rings (SSSR count). The second-order valence-corrected chi connectivity index (χ2v) is 18.5. The third-order valence-corrected chi connectivity index (χ3v) is 12.1. The van der Waals surface area contributed by atoms with E-state index in [1.165, 1.54) is 75.3 Å². The van der Waals surface area contributed by atoms with Crippen molar-refractivity contribution in [2.75, 3.05) is 19.8 Å². The Morgan fingerprint density at radius 1 is 0.597 bits per heavy atom. The molecule has 0 radical (unpaired) electrons. The highest BCUT2D eigenvalue weighted by Crippen LogP contribution is 2.43. The molecule has 3 atom stereocenters. The molecule has 0 saturated heterocycles. The molecule has 62 heavy (non-hydrogen) atoms. The van der Waals surface area contributed by atoms with Gasteiger partial charge < -0.3 is 34.0 Å². The van der Waals surface area contributed by atoms with Gasteiger partial charge in [-0.3, -0.25) is 23.4 Å². The van der Waals surface area contributed by atoms with E-state index in [1.54, 1.807) is 0 Å². The van der Waals surface area contributed by atoms with Gasteiger partial charge >= 0.3 is 25.7 Å². The highest BCUT2D eigenvalue weighted by Gasteiger charge is 2.28. The van der Waals surface area contributed by atoms with Gasteiger partial charge in [-0.2, -0.15) is 0 Å². The molecule has 356 valence electrons. The first-order valence-electron chi connectivity index (χ1n) is 23.9. The number of furan rings is 2. The number of carboxylic acids is 1. The summed E-state index contributed by atoms with van der Waals surface area (Å²) in [5, 5.41) is 8.93. The Bertz CT molecular complexity index is 1550. The lowest BCUT2D eigenvalue weighted by Crippen LogP contribution is -2.34. The van der Waals surface area contributed by atoms with Crippen molar-refractivity contribution in [1.82, 2.24) is 0 Å². The number of hydrogen-bond donors (Lipinski definition) is 3. The lowest BCUT2D eigenvalue weighted by Gasteiger charge is -2.20. The van der Waals surface area contributed by atoms with E-state index in [2.05, 4.69) is 44.4 Å². The number of rotatable bonds is 40. The van der Waals surface area contributed by atoms with Crippen LogP contribution in [0.2, 0.25) is 0 Å². The molecule has 2 heterocycles. The minimum Gasteiger partial charge on any atom is -0.480 e. The third kappa shape index (κ3) is 26.6. The molecule has 4 N–H and O–H groups in total. The molecule has 0 saturated carbocycles. The van der Waals surface area contributed by atoms with Crippen molar-refractivity contribution in [2.45, 2.75) is 220 Å². The SMILES string of the molecule is CCCCCc1cc(C)c(CCCCCCCCCCCCC(=O)OCC(COP(=O)(O)OCC(N)C(=O)O)OC(=O)CCCCCCCCc2oc(CCCCC)cc2C)o1. The average Bonchev–Trinajstić information content (AvgIpc) is 3.78. The van der Waals surface area contributed by atoms with Gasteiger partial charge in [-0.1, -0.05) is 117 Å². The minimum atomic E-state index is -4.74. The molecule has 14 heteroatoms. The van der Waals surface area contributed by atoms with Crippen molar-refractivity contribution in [3.63, 3.8) is 0 Å². The zero-order chi connectivity index (χ0) is 45.4. The number of nitrogens with two attached hydrogens (primary N) is 1. The summed E-state index contributed by atoms with van der Waals surface area (Å²) < 4.78 is 45.0. The lowest BCUT2D eigenvalue weighted by molar-refractivity contribution is -0.161. The van der Waals surface area contributed by atoms with Gasteiger partial charge in [0.05, 0.1) is 13.2 Å². The molecule has 0 aliphatic rings. The van der Waals surface area contributed by atoms with Crippen molar-refractivity contribution in [3.8, 4) is 0 Å². The molecule has 0 aliphatic carbocycles. The van der Waals surface area contributed by atoms with Crippen LogP contribution in [0.1, 0.15) is 202 Å². The molecule has 2 aromatic rings. The van der Waals surface area contributed by atoms with Crippen molar-refractivity contribution in [3.05, 3.63) is 46.3 Å². The number of hydrogen-bond acceptors (Lipinski definition) is 11. The summed E-state index contributed by atoms with van der Waals surface area (Å²) in [5.41, 5.74) is 7.86. The predicted molar refractivity (Wildman–Crippen MR) is 242 cm³/mol. The van der Waals surface area contributed by atoms with Crippen LogP contribution >= 0.6 is 7.82 Å². The molecule has 0 bridgehead atoms. The number of ether oxygens (including phenoxy) is 2. The summed E-state index contributed by atoms with van der Waals surface area (Å²) in [6, 6.07) is 2.85. The van der Waals surface area contributed by atoms with E-state index >= 15 is 0 Å². The fraction of sp³-hybridized carbons (Fsp3) is 0.771. The van der Waals surface area contributed by atoms with E-state index in [9.17, 15) is 23.8 Å². The Kier molecular flexibility index (Phi) is 29.8. The van der Waals surface area contributed by atoms with E-state index in [-0.39, 0.29) is 19.4 Å². The molecule has 13 nitrogen and oxygen atoms in total. The van der Waals surface area contributed by atoms with Gasteiger partial charge in [-0.25, -0.2) is 4.57 Å². The van der Waals surface area contributed by atoms with E-state index in [0.717, 1.165) is 113 Å². The molecular formula is C48H82NO12P. The first-order valence-corrected chi connectivity index (χ1v) is 25.4. The molecule has 3 unspecified atom stereocenters. The summed E-state index contributed by atoms with van der Waals surface area (Å²) in [5.74, 6) is 2.02. The first-order chi connectivity index (χ1) is 29.8. The highest BCUT2D eigenvalue weighted by molar-refractivity contribution is 7.47. The Morgan fingerprint density at radius 2 is 1.00 bits per heavy atom. The molecule has 0 aromatic carbocycles. The molecule has 0 fully saturated rings. The van der Waals surface area contributed by atoms with Crippen molar-refractivity contribution >= 4 is 25.7 Å². The van der Waals surface area contributed by atoms with Gasteiger partial charge in [0.2, 0.25) is 0 Å². The largest absolute Gasteiger partial charge is 0.480 e. The highest BCUT2D eigenvalue weighted by atomic mass is 31.2. The van der Waals surface area contributed by atoms with Gasteiger partial charge in [0.1, 0.15) is 35.7 Å². The number of aliphatic carboxylic acids is 1. The van der Waals surface area contributed by atoms with Crippen LogP contribution in [0, 0.1) is 13.8 Å². The fourth-order valence-corrected chi connectivity index (χ4v) is 8.11. The minimum absolute atomic E-state index is 0.128. The van der Waals surface area contributed by atoms with E-state index in [0.29, 0.717) is 12.8 Å². The van der Waals surface area contributed by atoms with Gasteiger partial charge in [0, 0.05) is 38.5 Å². The number of carboxylic acid groups (broad SMARTS) is 1. The normalized spacial score (nSPS) is 13.5. The van der Waals surface area contributed by atoms with Gasteiger partial charge in [-0.15, -0.1) is 0 Å². The second-order valence-electron chi connectivity index (χ2n) is 17.0. The second kappa shape index (κ2) is 33.5. The van der Waals surface area contributed by atoms with E-state index in [1.807, 2.05) is 0 Å². The first kappa shape index (κ1) is 55.2. The molecule has 0 aliphatic heterocycles. The Balaban J connectivity index is 1.62. The summed E-state index contributed by atoms with van der Waals surface area (Å²) in [6.07, 6.45) is 26.8. The van der Waals surface area contributed by atoms with Crippen LogP contribution in [-0.4, -0.2) is 59.9 Å². The lowest BCUT2D eigenvalue weighted by atomic mass is 10.0. The van der Waals surface area contributed by atoms with Gasteiger partial charge in [0.15, 0.2) is 6.10 Å². The van der Waals surface area contributed by atoms with Crippen LogP contribution in [-0.2, 0) is 63.2 Å². The topological polar surface area (TPSA) is 198 Å². The van der Waals surface area contributed by atoms with Gasteiger partial charge in [0.25, 0.3) is 0 Å². The summed E-state index contributed by atoms with van der Waals surface area (Å²) in [4.78, 5) is 46.3. The number of phosphoric ester groups is 1. The molecule has 2 aromatic heterocycles. The monoisotopic (exact) mass is 896 g/mol. The van der Waals surface area contributed by atoms with Crippen LogP contribution in [0.15, 0.2) is 21.0 Å². The summed E-state index contributed by atoms with van der Waals surface area (Å²) in [7, 11) is -4.74. The zero-order valence-electron chi connectivity index (χ0n) is 38.7. The average molecular weight is 896 g/mol. The Hall–Kier alpha value is -2.96. The number of carbonyl (C=O) groups excluding carboxylic acids is 2. The fourth-order valence-electron chi connectivity index (χ4n) is 7.33. The number of aryl methyl sites for hydroxylation is 6. The number of phosphoric acid groups is 1. The standard InChI is InChI=1S/C48H82NO12P/c1-5-7-21-27-40-33-38(3)44(59-40)29-23-17-13-11-9-10-12-14-19-25-31-46(50)56-35-42(36-57-62(54,55)58-37-43(49)48(52)53)61-47(51)32-26-20-16-15-18-24-30-45-39(4)34-41(60-45)28-22-8-6-2/h33-34,42-43H,5-32,35-37,49H2,1-4H3,(H,52,53)(H,54,55). The van der Waals surface area contributed by atoms with E-state index in [4.69, 9.17) is 33.7 Å². The van der Waals surface area contributed by atoms with Crippen molar-refractivity contribution in [2.24, 2.45) is 5.73 Å². The zero-order valence-corrected chi connectivity index (χ0v) is 39.6. The van der Waals surface area contributed by atoms with Crippen LogP contribution in [0.3, 0.4) is 0 Å². The van der Waals surface area contributed by atoms with E-state index < -0.39 is 51.1 Å². The van der Waals surface area contributed by atoms with Crippen LogP contribution in [0.5, 0.6) is 0 Å². The number of esters is 2. The Morgan fingerprint density at radius 3 is 1.45 bits per heavy atom. The summed E-state index contributed by atoms with van der Waals surface area (Å²) >= 11 is 0. The number of unbranched alkanes of at least 4 members (excludes halogenated alkanes) is 18. The van der Waals surface area contributed by atoms with Crippen molar-refractivity contribution < 1.29 is 56.3 Å². The summed E-state index contributed by atoms with van der Waals surface area (Å²) in [6.45, 7) is 6.94. The quantitative estimate of drug-likeness (QED) is 0.0325. The predicted octanol–water partition coefficient (Wildman–Crippen LogP) is 11.8. The van der Waals surface area contributed by atoms with Gasteiger partial charge in [-0.05, 0) is 75.6 Å². The van der Waals surface area contributed by atoms with Crippen LogP contribution in [0.4, 0.5) is 0 Å². The Labute approximate surface area is 372 Å². The smallest absolute Gasteiger partial charge is 0.472 e. The third-order valence-electron chi connectivity index (χ3n) is 11.2. The molecule has 0 spiro atoms. The molecular weight excluding hydrogens is 813 g/mol. The maximum atomic E-state index is 12.7. The maximum absolute atomic E-state index is 12.7. The van der Waals surface area contributed by atoms with Crippen LogP contribution in [0.25, 0.3) is 0 Å². The number of carbonyl (C=O) groups is 3. The maximum Gasteiger partial charge on any atom is 0.472 e. The van der Waals surface area contributed by atoms with Crippen molar-refractivity contribution in [1.29, 1.82) is 0 Å². The molecule has 0 amide bonds. The van der Waals surface area contributed by atoms with Crippen LogP contribution < -0.4 is 5.73 Å².